The first-order chi connectivity index (χ1) is 7.41. The van der Waals surface area contributed by atoms with E-state index in [1.165, 1.54) is 18.5 Å². The fourth-order valence-corrected chi connectivity index (χ4v) is 4.69. The Hall–Kier alpha value is 0.491. The molecule has 0 amide bonds. The van der Waals surface area contributed by atoms with Crippen molar-refractivity contribution in [1.29, 1.82) is 0 Å². The quantitative estimate of drug-likeness (QED) is 0.484. The van der Waals surface area contributed by atoms with Gasteiger partial charge in [-0.05, 0) is 42.3 Å². The van der Waals surface area contributed by atoms with Gasteiger partial charge in [-0.25, -0.2) is 0 Å². The Kier molecular flexibility index (Phi) is 9.81. The van der Waals surface area contributed by atoms with Crippen molar-refractivity contribution in [3.8, 4) is 0 Å². The largest absolute Gasteiger partial charge is 0.372 e. The summed E-state index contributed by atoms with van der Waals surface area (Å²) in [6, 6.07) is 0. The Morgan fingerprint density at radius 1 is 0.562 bits per heavy atom. The molecule has 0 atom stereocenters. The van der Waals surface area contributed by atoms with Crippen LogP contribution < -0.4 is 0 Å². The molecule has 0 aliphatic rings. The van der Waals surface area contributed by atoms with Gasteiger partial charge in [-0.1, -0.05) is 0 Å². The fourth-order valence-electron chi connectivity index (χ4n) is 0.804. The molecule has 0 unspecified atom stereocenters. The summed E-state index contributed by atoms with van der Waals surface area (Å²) in [5.74, 6) is 0. The van der Waals surface area contributed by atoms with Crippen molar-refractivity contribution in [2.75, 3.05) is 60.8 Å². The zero-order valence-corrected chi connectivity index (χ0v) is 14.4. The predicted molar refractivity (Wildman–Crippen MR) is 74.8 cm³/mol. The van der Waals surface area contributed by atoms with Crippen LogP contribution in [0.4, 0.5) is 0 Å². The van der Waals surface area contributed by atoms with Gasteiger partial charge >= 0.3 is 0 Å². The maximum atomic E-state index is 2.62. The molecule has 0 saturated carbocycles. The molecule has 0 fully saturated rings. The molecular formula is C9H24N4Si3. The van der Waals surface area contributed by atoms with Gasteiger partial charge in [0.05, 0.1) is 0 Å². The maximum Gasteiger partial charge on any atom is 0.142 e. The monoisotopic (exact) mass is 272 g/mol. The van der Waals surface area contributed by atoms with Crippen molar-refractivity contribution in [2.45, 2.75) is 0 Å². The topological polar surface area (TPSA) is 13.0 Å². The van der Waals surface area contributed by atoms with Gasteiger partial charge in [0, 0.05) is 18.5 Å². The molecule has 4 nitrogen and oxygen atoms in total. The molecule has 0 aromatic rings. The van der Waals surface area contributed by atoms with Gasteiger partial charge in [-0.2, -0.15) is 0 Å². The van der Waals surface area contributed by atoms with Crippen molar-refractivity contribution in [1.82, 2.24) is 18.6 Å². The molecule has 0 aromatic carbocycles. The minimum absolute atomic E-state index is 0.933. The molecule has 0 rings (SSSR count). The van der Waals surface area contributed by atoms with E-state index in [2.05, 4.69) is 60.9 Å². The second-order valence-corrected chi connectivity index (χ2v) is 9.10. The zero-order valence-electron chi connectivity index (χ0n) is 11.4. The standard InChI is InChI=1S/C9H24N4Si3/c1-10(2)7-14-13(15-8-11(3)4)16-9-12(5)6/h7-9H2,1-6H3. The summed E-state index contributed by atoms with van der Waals surface area (Å²) in [7, 11) is 15.7. The van der Waals surface area contributed by atoms with Crippen LogP contribution in [0.5, 0.6) is 0 Å². The first kappa shape index (κ1) is 16.5. The summed E-state index contributed by atoms with van der Waals surface area (Å²) in [5, 5.41) is 0. The minimum Gasteiger partial charge on any atom is -0.372 e. The minimum atomic E-state index is 0.933. The van der Waals surface area contributed by atoms with Gasteiger partial charge in [-0.15, -0.1) is 0 Å². The molecule has 0 spiro atoms. The summed E-state index contributed by atoms with van der Waals surface area (Å²) in [4.78, 5) is 6.81. The molecule has 0 aliphatic carbocycles. The van der Waals surface area contributed by atoms with Gasteiger partial charge in [0.2, 0.25) is 0 Å². The normalized spacial score (nSPS) is 12.4. The summed E-state index contributed by atoms with van der Waals surface area (Å²) in [6.45, 7) is 0. The highest BCUT2D eigenvalue weighted by molar-refractivity contribution is 6.65. The molecule has 6 radical (unpaired) electrons. The first-order valence-electron chi connectivity index (χ1n) is 5.36. The molecule has 0 bridgehead atoms. The number of rotatable bonds is 9. The molecule has 7 heteroatoms. The highest BCUT2D eigenvalue weighted by Crippen LogP contribution is 1.85. The molecule has 0 saturated heterocycles. The maximum absolute atomic E-state index is 2.62. The SMILES string of the molecule is CN(C)C[Si]N([Si]CN(C)C)[Si]CN(C)C. The van der Waals surface area contributed by atoms with Crippen molar-refractivity contribution in [3.05, 3.63) is 0 Å². The highest BCUT2D eigenvalue weighted by Gasteiger charge is 2.09. The fraction of sp³-hybridized carbons (Fsp3) is 1.00. The Morgan fingerprint density at radius 2 is 0.812 bits per heavy atom. The van der Waals surface area contributed by atoms with Gasteiger partial charge in [0.25, 0.3) is 0 Å². The Bertz CT molecular complexity index is 138. The third-order valence-corrected chi connectivity index (χ3v) is 7.75. The third-order valence-electron chi connectivity index (χ3n) is 1.64. The van der Waals surface area contributed by atoms with Gasteiger partial charge in [-0.3, -0.25) is 0 Å². The Balaban J connectivity index is 3.85. The van der Waals surface area contributed by atoms with E-state index in [4.69, 9.17) is 0 Å². The lowest BCUT2D eigenvalue weighted by molar-refractivity contribution is 0.461. The predicted octanol–water partition coefficient (Wildman–Crippen LogP) is -1.30. The zero-order chi connectivity index (χ0) is 12.6. The van der Waals surface area contributed by atoms with E-state index in [0.29, 0.717) is 0 Å². The second kappa shape index (κ2) is 9.51. The molecule has 0 aromatic heterocycles. The summed E-state index contributed by atoms with van der Waals surface area (Å²) >= 11 is 0. The average molecular weight is 273 g/mol. The lowest BCUT2D eigenvalue weighted by atomic mass is 11.0. The van der Waals surface area contributed by atoms with E-state index >= 15 is 0 Å². The van der Waals surface area contributed by atoms with E-state index in [1.54, 1.807) is 0 Å². The number of hydrogen-bond acceptors (Lipinski definition) is 4. The highest BCUT2D eigenvalue weighted by atomic mass is 28.4. The van der Waals surface area contributed by atoms with Crippen LogP contribution in [0, 0.1) is 0 Å². The van der Waals surface area contributed by atoms with Crippen LogP contribution in [-0.2, 0) is 0 Å². The van der Waals surface area contributed by atoms with Crippen LogP contribution >= 0.6 is 0 Å². The second-order valence-electron chi connectivity index (χ2n) is 4.52. The number of nitrogens with zero attached hydrogens (tertiary/aromatic N) is 4. The first-order valence-corrected chi connectivity index (χ1v) is 8.83. The molecule has 0 N–H and O–H groups in total. The van der Waals surface area contributed by atoms with E-state index in [0.717, 1.165) is 29.0 Å². The third kappa shape index (κ3) is 11.0. The molecule has 92 valence electrons. The van der Waals surface area contributed by atoms with E-state index < -0.39 is 0 Å². The van der Waals surface area contributed by atoms with Crippen LogP contribution in [0.3, 0.4) is 0 Å². The lowest BCUT2D eigenvalue weighted by Gasteiger charge is -2.24. The van der Waals surface area contributed by atoms with Crippen molar-refractivity contribution in [3.63, 3.8) is 0 Å². The smallest absolute Gasteiger partial charge is 0.142 e. The summed E-state index contributed by atoms with van der Waals surface area (Å²) < 4.78 is 2.62. The van der Waals surface area contributed by atoms with Crippen LogP contribution in [0.2, 0.25) is 0 Å². The summed E-state index contributed by atoms with van der Waals surface area (Å²) in [6.07, 6.45) is 3.54. The van der Waals surface area contributed by atoms with Crippen molar-refractivity contribution >= 4 is 29.0 Å². The molecule has 0 heterocycles. The van der Waals surface area contributed by atoms with Crippen LogP contribution in [0.25, 0.3) is 0 Å². The van der Waals surface area contributed by atoms with Gasteiger partial charge in [0.1, 0.15) is 29.0 Å². The van der Waals surface area contributed by atoms with Gasteiger partial charge < -0.3 is 18.6 Å². The lowest BCUT2D eigenvalue weighted by Crippen LogP contribution is -2.46. The van der Waals surface area contributed by atoms with E-state index in [1.807, 2.05) is 0 Å². The van der Waals surface area contributed by atoms with Crippen LogP contribution in [0.15, 0.2) is 0 Å². The Labute approximate surface area is 109 Å². The molecule has 16 heavy (non-hydrogen) atoms. The average Bonchev–Trinajstić information content (AvgIpc) is 2.15. The van der Waals surface area contributed by atoms with Crippen LogP contribution in [0.1, 0.15) is 0 Å². The molecule has 0 aliphatic heterocycles. The van der Waals surface area contributed by atoms with Crippen molar-refractivity contribution in [2.24, 2.45) is 0 Å². The van der Waals surface area contributed by atoms with E-state index in [-0.39, 0.29) is 0 Å². The van der Waals surface area contributed by atoms with Crippen molar-refractivity contribution < 1.29 is 0 Å². The molecular weight excluding hydrogens is 248 g/mol. The summed E-state index contributed by atoms with van der Waals surface area (Å²) in [5.41, 5.74) is 0. The van der Waals surface area contributed by atoms with Gasteiger partial charge in [0.15, 0.2) is 0 Å². The van der Waals surface area contributed by atoms with E-state index in [9.17, 15) is 0 Å². The Morgan fingerprint density at radius 3 is 1.00 bits per heavy atom. The number of hydrogen-bond donors (Lipinski definition) is 0. The van der Waals surface area contributed by atoms with Crippen LogP contribution in [-0.4, -0.2) is 108 Å².